The van der Waals surface area contributed by atoms with E-state index in [1.165, 1.54) is 0 Å². The fourth-order valence-corrected chi connectivity index (χ4v) is 1.52. The highest BCUT2D eigenvalue weighted by Gasteiger charge is 2.08. The summed E-state index contributed by atoms with van der Waals surface area (Å²) >= 11 is 0. The van der Waals surface area contributed by atoms with E-state index in [9.17, 15) is 9.59 Å². The molecule has 74 valence electrons. The van der Waals surface area contributed by atoms with Crippen molar-refractivity contribution in [2.24, 2.45) is 0 Å². The van der Waals surface area contributed by atoms with Crippen LogP contribution in [-0.2, 0) is 11.2 Å². The van der Waals surface area contributed by atoms with E-state index in [1.807, 2.05) is 26.0 Å². The molecule has 1 rings (SSSR count). The van der Waals surface area contributed by atoms with Gasteiger partial charge in [0.25, 0.3) is 0 Å². The minimum Gasteiger partial charge on any atom is -0.303 e. The zero-order chi connectivity index (χ0) is 10.6. The highest BCUT2D eigenvalue weighted by molar-refractivity contribution is 5.76. The Morgan fingerprint density at radius 1 is 1.36 bits per heavy atom. The SMILES string of the molecule is CCc1cc(C=O)ccc1C(C)C=O. The Morgan fingerprint density at radius 2 is 2.07 bits per heavy atom. The third-order valence-corrected chi connectivity index (χ3v) is 2.38. The maximum Gasteiger partial charge on any atom is 0.150 e. The normalized spacial score (nSPS) is 12.1. The fraction of sp³-hybridized carbons (Fsp3) is 0.333. The van der Waals surface area contributed by atoms with E-state index in [4.69, 9.17) is 0 Å². The summed E-state index contributed by atoms with van der Waals surface area (Å²) < 4.78 is 0. The van der Waals surface area contributed by atoms with E-state index in [0.29, 0.717) is 5.56 Å². The van der Waals surface area contributed by atoms with Crippen LogP contribution in [0.2, 0.25) is 0 Å². The van der Waals surface area contributed by atoms with Crippen molar-refractivity contribution in [1.29, 1.82) is 0 Å². The summed E-state index contributed by atoms with van der Waals surface area (Å²) in [6.07, 6.45) is 2.60. The zero-order valence-corrected chi connectivity index (χ0v) is 8.49. The van der Waals surface area contributed by atoms with E-state index in [1.54, 1.807) is 6.07 Å². The van der Waals surface area contributed by atoms with Gasteiger partial charge in [-0.2, -0.15) is 0 Å². The van der Waals surface area contributed by atoms with Crippen molar-refractivity contribution in [3.8, 4) is 0 Å². The summed E-state index contributed by atoms with van der Waals surface area (Å²) in [6, 6.07) is 5.46. The number of hydrogen-bond acceptors (Lipinski definition) is 2. The summed E-state index contributed by atoms with van der Waals surface area (Å²) in [4.78, 5) is 21.2. The van der Waals surface area contributed by atoms with Gasteiger partial charge in [0.1, 0.15) is 12.6 Å². The quantitative estimate of drug-likeness (QED) is 0.683. The maximum absolute atomic E-state index is 10.7. The van der Waals surface area contributed by atoms with Crippen LogP contribution in [0, 0.1) is 0 Å². The topological polar surface area (TPSA) is 34.1 Å². The molecule has 0 bridgehead atoms. The Hall–Kier alpha value is -1.44. The number of hydrogen-bond donors (Lipinski definition) is 0. The number of aryl methyl sites for hydroxylation is 1. The summed E-state index contributed by atoms with van der Waals surface area (Å²) in [5, 5.41) is 0. The molecule has 1 aromatic rings. The molecule has 0 aliphatic heterocycles. The second-order valence-corrected chi connectivity index (χ2v) is 3.35. The summed E-state index contributed by atoms with van der Waals surface area (Å²) in [7, 11) is 0. The van der Waals surface area contributed by atoms with E-state index < -0.39 is 0 Å². The molecule has 0 saturated heterocycles. The Kier molecular flexibility index (Phi) is 3.57. The molecule has 1 unspecified atom stereocenters. The molecule has 2 heteroatoms. The second-order valence-electron chi connectivity index (χ2n) is 3.35. The summed E-state index contributed by atoms with van der Waals surface area (Å²) in [5.41, 5.74) is 2.77. The number of aldehydes is 2. The van der Waals surface area contributed by atoms with Crippen molar-refractivity contribution in [2.75, 3.05) is 0 Å². The van der Waals surface area contributed by atoms with Gasteiger partial charge in [-0.05, 0) is 23.6 Å². The van der Waals surface area contributed by atoms with Crippen LogP contribution in [0.5, 0.6) is 0 Å². The molecular formula is C12H14O2. The van der Waals surface area contributed by atoms with Crippen LogP contribution in [0.1, 0.15) is 41.3 Å². The van der Waals surface area contributed by atoms with Crippen LogP contribution in [0.15, 0.2) is 18.2 Å². The van der Waals surface area contributed by atoms with Gasteiger partial charge in [0.15, 0.2) is 0 Å². The predicted octanol–water partition coefficient (Wildman–Crippen LogP) is 2.36. The highest BCUT2D eigenvalue weighted by Crippen LogP contribution is 2.19. The first-order valence-electron chi connectivity index (χ1n) is 4.76. The van der Waals surface area contributed by atoms with Crippen LogP contribution in [-0.4, -0.2) is 12.6 Å². The van der Waals surface area contributed by atoms with Gasteiger partial charge in [0.2, 0.25) is 0 Å². The average molecular weight is 190 g/mol. The van der Waals surface area contributed by atoms with E-state index >= 15 is 0 Å². The molecule has 2 nitrogen and oxygen atoms in total. The molecule has 0 N–H and O–H groups in total. The van der Waals surface area contributed by atoms with Gasteiger partial charge >= 0.3 is 0 Å². The third-order valence-electron chi connectivity index (χ3n) is 2.38. The van der Waals surface area contributed by atoms with E-state index in [0.717, 1.165) is 30.1 Å². The summed E-state index contributed by atoms with van der Waals surface area (Å²) in [5.74, 6) is -0.0920. The molecule has 0 fully saturated rings. The monoisotopic (exact) mass is 190 g/mol. The first-order valence-corrected chi connectivity index (χ1v) is 4.76. The Balaban J connectivity index is 3.17. The van der Waals surface area contributed by atoms with Crippen molar-refractivity contribution >= 4 is 12.6 Å². The first kappa shape index (κ1) is 10.6. The Labute approximate surface area is 83.9 Å². The minimum absolute atomic E-state index is 0.0920. The number of benzene rings is 1. The molecule has 0 heterocycles. The van der Waals surface area contributed by atoms with Crippen molar-refractivity contribution in [3.05, 3.63) is 34.9 Å². The fourth-order valence-electron chi connectivity index (χ4n) is 1.52. The van der Waals surface area contributed by atoms with E-state index in [2.05, 4.69) is 0 Å². The lowest BCUT2D eigenvalue weighted by Gasteiger charge is -2.10. The Bertz CT molecular complexity index is 342. The van der Waals surface area contributed by atoms with Gasteiger partial charge < -0.3 is 4.79 Å². The first-order chi connectivity index (χ1) is 6.72. The largest absolute Gasteiger partial charge is 0.303 e. The van der Waals surface area contributed by atoms with Gasteiger partial charge in [-0.3, -0.25) is 4.79 Å². The van der Waals surface area contributed by atoms with Crippen molar-refractivity contribution in [2.45, 2.75) is 26.2 Å². The molecule has 1 aromatic carbocycles. The molecule has 0 aromatic heterocycles. The van der Waals surface area contributed by atoms with Gasteiger partial charge in [0.05, 0.1) is 0 Å². The second kappa shape index (κ2) is 4.70. The molecule has 0 spiro atoms. The van der Waals surface area contributed by atoms with Crippen LogP contribution in [0.4, 0.5) is 0 Å². The standard InChI is InChI=1S/C12H14O2/c1-3-11-6-10(8-14)4-5-12(11)9(2)7-13/h4-9H,3H2,1-2H3. The van der Waals surface area contributed by atoms with Gasteiger partial charge in [-0.15, -0.1) is 0 Å². The third kappa shape index (κ3) is 2.08. The average Bonchev–Trinajstić information content (AvgIpc) is 2.27. The molecule has 0 radical (unpaired) electrons. The van der Waals surface area contributed by atoms with Crippen LogP contribution >= 0.6 is 0 Å². The molecule has 1 atom stereocenters. The summed E-state index contributed by atoms with van der Waals surface area (Å²) in [6.45, 7) is 3.88. The number of rotatable bonds is 4. The predicted molar refractivity (Wildman–Crippen MR) is 55.7 cm³/mol. The Morgan fingerprint density at radius 3 is 2.57 bits per heavy atom. The van der Waals surface area contributed by atoms with Gasteiger partial charge in [0, 0.05) is 11.5 Å². The maximum atomic E-state index is 10.7. The van der Waals surface area contributed by atoms with Crippen LogP contribution < -0.4 is 0 Å². The molecular weight excluding hydrogens is 176 g/mol. The smallest absolute Gasteiger partial charge is 0.150 e. The van der Waals surface area contributed by atoms with Gasteiger partial charge in [-0.25, -0.2) is 0 Å². The van der Waals surface area contributed by atoms with Crippen molar-refractivity contribution in [3.63, 3.8) is 0 Å². The zero-order valence-electron chi connectivity index (χ0n) is 8.49. The molecule has 0 saturated carbocycles. The van der Waals surface area contributed by atoms with Crippen molar-refractivity contribution < 1.29 is 9.59 Å². The van der Waals surface area contributed by atoms with Crippen molar-refractivity contribution in [1.82, 2.24) is 0 Å². The molecule has 0 amide bonds. The van der Waals surface area contributed by atoms with Gasteiger partial charge in [-0.1, -0.05) is 26.0 Å². The van der Waals surface area contributed by atoms with Crippen LogP contribution in [0.25, 0.3) is 0 Å². The lowest BCUT2D eigenvalue weighted by atomic mass is 9.94. The highest BCUT2D eigenvalue weighted by atomic mass is 16.1. The lowest BCUT2D eigenvalue weighted by Crippen LogP contribution is -2.00. The molecule has 0 aliphatic rings. The number of carbonyl (C=O) groups is 2. The van der Waals surface area contributed by atoms with Crippen LogP contribution in [0.3, 0.4) is 0 Å². The molecule has 14 heavy (non-hydrogen) atoms. The molecule has 0 aliphatic carbocycles. The number of carbonyl (C=O) groups excluding carboxylic acids is 2. The van der Waals surface area contributed by atoms with E-state index in [-0.39, 0.29) is 5.92 Å². The minimum atomic E-state index is -0.0920. The lowest BCUT2D eigenvalue weighted by molar-refractivity contribution is -0.108.